The second-order valence-corrected chi connectivity index (χ2v) is 9.88. The molecule has 1 aliphatic carbocycles. The third-order valence-corrected chi connectivity index (χ3v) is 7.59. The van der Waals surface area contributed by atoms with Crippen molar-refractivity contribution in [3.63, 3.8) is 0 Å². The molecule has 2 unspecified atom stereocenters. The highest BCUT2D eigenvalue weighted by Crippen LogP contribution is 2.57. The number of hydrogen-bond acceptors (Lipinski definition) is 9. The summed E-state index contributed by atoms with van der Waals surface area (Å²) >= 11 is 0. The summed E-state index contributed by atoms with van der Waals surface area (Å²) in [5.74, 6) is 1.45. The molecule has 1 fully saturated rings. The van der Waals surface area contributed by atoms with Crippen molar-refractivity contribution in [3.05, 3.63) is 47.9 Å². The standard InChI is InChI=1S/C22H21N5O6S/c1-30-15-4-6-23-22(31-2)20(15)34(28,29)26-21-18-16(33-25-21)9-12(10-27-7-3-5-24-27)17-14-8-13(14)11-32-19(17)18/h3-7,9,13-14H,8,10-11H2,1-2H3,(H,25,26). The zero-order valence-electron chi connectivity index (χ0n) is 18.4. The number of aromatic nitrogens is 4. The van der Waals surface area contributed by atoms with E-state index in [0.717, 1.165) is 17.5 Å². The van der Waals surface area contributed by atoms with Crippen LogP contribution in [0.2, 0.25) is 0 Å². The van der Waals surface area contributed by atoms with Crippen LogP contribution < -0.4 is 18.9 Å². The second kappa shape index (κ2) is 7.62. The predicted octanol–water partition coefficient (Wildman–Crippen LogP) is 2.78. The Morgan fingerprint density at radius 1 is 1.26 bits per heavy atom. The van der Waals surface area contributed by atoms with Crippen LogP contribution in [0.3, 0.4) is 0 Å². The molecule has 4 aromatic rings. The van der Waals surface area contributed by atoms with Gasteiger partial charge in [0.1, 0.15) is 16.9 Å². The van der Waals surface area contributed by atoms with E-state index in [9.17, 15) is 8.42 Å². The molecular formula is C22H21N5O6S. The van der Waals surface area contributed by atoms with E-state index in [-0.39, 0.29) is 22.3 Å². The minimum atomic E-state index is -4.20. The van der Waals surface area contributed by atoms with Gasteiger partial charge in [0.2, 0.25) is 5.88 Å². The molecule has 176 valence electrons. The number of pyridine rings is 1. The fraction of sp³-hybridized carbons (Fsp3) is 0.318. The molecule has 1 aliphatic heterocycles. The Bertz CT molecular complexity index is 1480. The van der Waals surface area contributed by atoms with Crippen LogP contribution in [0.5, 0.6) is 17.4 Å². The van der Waals surface area contributed by atoms with Crippen molar-refractivity contribution in [2.75, 3.05) is 25.5 Å². The number of anilines is 1. The minimum Gasteiger partial charge on any atom is -0.495 e. The quantitative estimate of drug-likeness (QED) is 0.421. The van der Waals surface area contributed by atoms with Crippen molar-refractivity contribution in [2.45, 2.75) is 23.8 Å². The van der Waals surface area contributed by atoms with Gasteiger partial charge in [0, 0.05) is 36.1 Å². The van der Waals surface area contributed by atoms with E-state index in [1.54, 1.807) is 6.20 Å². The van der Waals surface area contributed by atoms with Gasteiger partial charge in [0.25, 0.3) is 10.0 Å². The highest BCUT2D eigenvalue weighted by Gasteiger charge is 2.46. The lowest BCUT2D eigenvalue weighted by atomic mass is 9.96. The number of nitrogens with zero attached hydrogens (tertiary/aromatic N) is 4. The van der Waals surface area contributed by atoms with Crippen molar-refractivity contribution in [2.24, 2.45) is 5.92 Å². The molecule has 12 heteroatoms. The average Bonchev–Trinajstić information content (AvgIpc) is 3.26. The molecule has 0 amide bonds. The Kier molecular flexibility index (Phi) is 4.66. The maximum absolute atomic E-state index is 13.4. The van der Waals surface area contributed by atoms with Crippen molar-refractivity contribution in [3.8, 4) is 17.4 Å². The third-order valence-electron chi connectivity index (χ3n) is 6.22. The highest BCUT2D eigenvalue weighted by atomic mass is 32.2. The van der Waals surface area contributed by atoms with Gasteiger partial charge in [-0.05, 0) is 30.0 Å². The second-order valence-electron chi connectivity index (χ2n) is 8.26. The van der Waals surface area contributed by atoms with E-state index in [1.807, 2.05) is 23.0 Å². The van der Waals surface area contributed by atoms with Gasteiger partial charge in [-0.15, -0.1) is 0 Å². The highest BCUT2D eigenvalue weighted by molar-refractivity contribution is 7.93. The summed E-state index contributed by atoms with van der Waals surface area (Å²) in [5, 5.41) is 8.82. The maximum Gasteiger partial charge on any atom is 0.272 e. The van der Waals surface area contributed by atoms with E-state index >= 15 is 0 Å². The Balaban J connectivity index is 1.47. The SMILES string of the molecule is COc1ccnc(OC)c1S(=O)(=O)Nc1noc2cc(Cn3cccn3)c3c(c12)OCC1CC31. The van der Waals surface area contributed by atoms with Gasteiger partial charge < -0.3 is 18.7 Å². The number of nitrogens with one attached hydrogen (secondary N) is 1. The summed E-state index contributed by atoms with van der Waals surface area (Å²) in [6, 6.07) is 5.19. The number of benzene rings is 1. The van der Waals surface area contributed by atoms with Crippen LogP contribution in [0, 0.1) is 5.92 Å². The first-order valence-electron chi connectivity index (χ1n) is 10.7. The smallest absolute Gasteiger partial charge is 0.272 e. The van der Waals surface area contributed by atoms with Crippen molar-refractivity contribution < 1.29 is 27.2 Å². The molecule has 2 atom stereocenters. The largest absolute Gasteiger partial charge is 0.495 e. The number of sulfonamides is 1. The monoisotopic (exact) mass is 483 g/mol. The normalized spacial score (nSPS) is 18.6. The molecule has 0 spiro atoms. The third kappa shape index (κ3) is 3.24. The number of rotatable bonds is 7. The van der Waals surface area contributed by atoms with Gasteiger partial charge in [-0.3, -0.25) is 9.40 Å². The number of methoxy groups -OCH3 is 2. The number of fused-ring (bicyclic) bond motifs is 5. The zero-order valence-corrected chi connectivity index (χ0v) is 19.2. The van der Waals surface area contributed by atoms with Gasteiger partial charge in [0.05, 0.1) is 27.4 Å². The lowest BCUT2D eigenvalue weighted by Gasteiger charge is -2.21. The molecule has 34 heavy (non-hydrogen) atoms. The first kappa shape index (κ1) is 20.8. The molecule has 0 bridgehead atoms. The molecule has 6 rings (SSSR count). The number of hydrogen-bond donors (Lipinski definition) is 1. The van der Waals surface area contributed by atoms with E-state index in [2.05, 4.69) is 20.0 Å². The van der Waals surface area contributed by atoms with E-state index in [0.29, 0.717) is 41.7 Å². The minimum absolute atomic E-state index is 0.0314. The van der Waals surface area contributed by atoms with Gasteiger partial charge in [0.15, 0.2) is 16.3 Å². The molecule has 1 aromatic carbocycles. The van der Waals surface area contributed by atoms with Crippen LogP contribution in [0.1, 0.15) is 23.5 Å². The summed E-state index contributed by atoms with van der Waals surface area (Å²) in [6.45, 7) is 1.11. The van der Waals surface area contributed by atoms with Gasteiger partial charge in [-0.25, -0.2) is 13.4 Å². The van der Waals surface area contributed by atoms with Crippen LogP contribution in [0.25, 0.3) is 11.0 Å². The molecule has 4 heterocycles. The summed E-state index contributed by atoms with van der Waals surface area (Å²) in [4.78, 5) is 3.77. The maximum atomic E-state index is 13.4. The fourth-order valence-electron chi connectivity index (χ4n) is 4.58. The first-order chi connectivity index (χ1) is 16.5. The summed E-state index contributed by atoms with van der Waals surface area (Å²) in [7, 11) is -1.49. The Labute approximate surface area is 194 Å². The Hall–Kier alpha value is -3.80. The van der Waals surface area contributed by atoms with Gasteiger partial charge in [-0.2, -0.15) is 5.10 Å². The van der Waals surface area contributed by atoms with Crippen molar-refractivity contribution in [1.82, 2.24) is 19.9 Å². The van der Waals surface area contributed by atoms with E-state index < -0.39 is 10.0 Å². The summed E-state index contributed by atoms with van der Waals surface area (Å²) in [5.41, 5.74) is 2.49. The molecule has 1 saturated carbocycles. The van der Waals surface area contributed by atoms with Crippen molar-refractivity contribution in [1.29, 1.82) is 0 Å². The van der Waals surface area contributed by atoms with Crippen LogP contribution in [-0.4, -0.2) is 49.2 Å². The van der Waals surface area contributed by atoms with Crippen LogP contribution in [0.15, 0.2) is 46.2 Å². The molecule has 3 aromatic heterocycles. The summed E-state index contributed by atoms with van der Waals surface area (Å²) in [6.07, 6.45) is 6.05. The fourth-order valence-corrected chi connectivity index (χ4v) is 5.86. The lowest BCUT2D eigenvalue weighted by Crippen LogP contribution is -2.17. The molecule has 2 aliphatic rings. The van der Waals surface area contributed by atoms with Crippen LogP contribution in [0.4, 0.5) is 5.82 Å². The Morgan fingerprint density at radius 2 is 2.15 bits per heavy atom. The van der Waals surface area contributed by atoms with E-state index in [4.69, 9.17) is 18.7 Å². The van der Waals surface area contributed by atoms with E-state index in [1.165, 1.54) is 26.5 Å². The first-order valence-corrected chi connectivity index (χ1v) is 12.1. The topological polar surface area (TPSA) is 131 Å². The average molecular weight is 484 g/mol. The zero-order chi connectivity index (χ0) is 23.4. The molecular weight excluding hydrogens is 462 g/mol. The van der Waals surface area contributed by atoms with Crippen LogP contribution in [-0.2, 0) is 16.6 Å². The predicted molar refractivity (Wildman–Crippen MR) is 120 cm³/mol. The van der Waals surface area contributed by atoms with Crippen LogP contribution >= 0.6 is 0 Å². The molecule has 0 saturated heterocycles. The lowest BCUT2D eigenvalue weighted by molar-refractivity contribution is 0.282. The van der Waals surface area contributed by atoms with Gasteiger partial charge in [-0.1, -0.05) is 5.16 Å². The Morgan fingerprint density at radius 3 is 2.91 bits per heavy atom. The van der Waals surface area contributed by atoms with Gasteiger partial charge >= 0.3 is 0 Å². The number of ether oxygens (including phenoxy) is 3. The summed E-state index contributed by atoms with van der Waals surface area (Å²) < 4.78 is 53.2. The van der Waals surface area contributed by atoms with Crippen molar-refractivity contribution >= 4 is 26.8 Å². The molecule has 0 radical (unpaired) electrons. The molecule has 1 N–H and O–H groups in total. The molecule has 11 nitrogen and oxygen atoms in total.